The molecule has 0 radical (unpaired) electrons. The summed E-state index contributed by atoms with van der Waals surface area (Å²) in [4.78, 5) is 15.5. The molecule has 0 saturated carbocycles. The summed E-state index contributed by atoms with van der Waals surface area (Å²) in [5, 5.41) is 5.56. The zero-order chi connectivity index (χ0) is 13.5. The summed E-state index contributed by atoms with van der Waals surface area (Å²) >= 11 is 3.48. The highest BCUT2D eigenvalue weighted by Gasteiger charge is 2.02. The summed E-state index contributed by atoms with van der Waals surface area (Å²) in [7, 11) is 0. The van der Waals surface area contributed by atoms with Gasteiger partial charge in [0.2, 0.25) is 0 Å². The van der Waals surface area contributed by atoms with Crippen molar-refractivity contribution in [2.75, 3.05) is 11.9 Å². The average molecular weight is 320 g/mol. The second-order valence-corrected chi connectivity index (χ2v) is 4.81. The SMILES string of the molecule is O=C(NCCc1ccccc1Br)Nc1ccncc1. The lowest BCUT2D eigenvalue weighted by atomic mass is 10.1. The molecule has 1 aromatic heterocycles. The van der Waals surface area contributed by atoms with Crippen LogP contribution in [0.1, 0.15) is 5.56 Å². The molecule has 1 heterocycles. The molecule has 4 nitrogen and oxygen atoms in total. The maximum Gasteiger partial charge on any atom is 0.319 e. The fourth-order valence-electron chi connectivity index (χ4n) is 1.62. The molecule has 0 spiro atoms. The van der Waals surface area contributed by atoms with Gasteiger partial charge in [0.25, 0.3) is 0 Å². The number of benzene rings is 1. The van der Waals surface area contributed by atoms with Crippen molar-refractivity contribution in [3.8, 4) is 0 Å². The van der Waals surface area contributed by atoms with E-state index < -0.39 is 0 Å². The minimum atomic E-state index is -0.210. The van der Waals surface area contributed by atoms with Crippen LogP contribution in [0.15, 0.2) is 53.3 Å². The first-order valence-electron chi connectivity index (χ1n) is 5.94. The molecule has 98 valence electrons. The summed E-state index contributed by atoms with van der Waals surface area (Å²) in [6, 6.07) is 11.3. The van der Waals surface area contributed by atoms with Gasteiger partial charge in [0.15, 0.2) is 0 Å². The first kappa shape index (κ1) is 13.5. The van der Waals surface area contributed by atoms with Gasteiger partial charge >= 0.3 is 6.03 Å². The third kappa shape index (κ3) is 4.37. The van der Waals surface area contributed by atoms with Crippen molar-refractivity contribution in [3.63, 3.8) is 0 Å². The normalized spacial score (nSPS) is 9.95. The second kappa shape index (κ2) is 6.89. The van der Waals surface area contributed by atoms with Gasteiger partial charge in [-0.1, -0.05) is 34.1 Å². The zero-order valence-electron chi connectivity index (χ0n) is 10.3. The third-order valence-corrected chi connectivity index (χ3v) is 3.35. The molecule has 0 aliphatic rings. The molecule has 0 aliphatic carbocycles. The summed E-state index contributed by atoms with van der Waals surface area (Å²) in [5.74, 6) is 0. The Balaban J connectivity index is 1.77. The van der Waals surface area contributed by atoms with Crippen LogP contribution in [-0.2, 0) is 6.42 Å². The third-order valence-electron chi connectivity index (χ3n) is 2.58. The van der Waals surface area contributed by atoms with Crippen LogP contribution in [0.2, 0.25) is 0 Å². The van der Waals surface area contributed by atoms with E-state index in [0.717, 1.165) is 16.6 Å². The van der Waals surface area contributed by atoms with Crippen molar-refractivity contribution in [1.82, 2.24) is 10.3 Å². The molecule has 0 fully saturated rings. The maximum absolute atomic E-state index is 11.6. The number of anilines is 1. The highest BCUT2D eigenvalue weighted by Crippen LogP contribution is 2.15. The summed E-state index contributed by atoms with van der Waals surface area (Å²) in [6.07, 6.45) is 4.05. The first-order valence-corrected chi connectivity index (χ1v) is 6.73. The largest absolute Gasteiger partial charge is 0.338 e. The van der Waals surface area contributed by atoms with E-state index >= 15 is 0 Å². The fraction of sp³-hybridized carbons (Fsp3) is 0.143. The number of rotatable bonds is 4. The standard InChI is InChI=1S/C14H14BrN3O/c15-13-4-2-1-3-11(13)5-10-17-14(19)18-12-6-8-16-9-7-12/h1-4,6-9H,5,10H2,(H2,16,17,18,19). The number of halogens is 1. The number of pyridine rings is 1. The summed E-state index contributed by atoms with van der Waals surface area (Å²) in [5.41, 5.74) is 1.90. The number of nitrogens with zero attached hydrogens (tertiary/aromatic N) is 1. The van der Waals surface area contributed by atoms with E-state index in [1.807, 2.05) is 24.3 Å². The summed E-state index contributed by atoms with van der Waals surface area (Å²) < 4.78 is 1.06. The van der Waals surface area contributed by atoms with Gasteiger partial charge < -0.3 is 10.6 Å². The summed E-state index contributed by atoms with van der Waals surface area (Å²) in [6.45, 7) is 0.583. The van der Waals surface area contributed by atoms with Gasteiger partial charge in [-0.15, -0.1) is 0 Å². The van der Waals surface area contributed by atoms with Crippen molar-refractivity contribution in [2.45, 2.75) is 6.42 Å². The molecule has 0 atom stereocenters. The number of amides is 2. The van der Waals surface area contributed by atoms with E-state index in [1.165, 1.54) is 5.56 Å². The Morgan fingerprint density at radius 2 is 1.89 bits per heavy atom. The van der Waals surface area contributed by atoms with Crippen molar-refractivity contribution >= 4 is 27.6 Å². The molecular formula is C14H14BrN3O. The predicted octanol–water partition coefficient (Wildman–Crippen LogP) is 3.21. The van der Waals surface area contributed by atoms with Gasteiger partial charge in [0.05, 0.1) is 0 Å². The number of carbonyl (C=O) groups excluding carboxylic acids is 1. The monoisotopic (exact) mass is 319 g/mol. The van der Waals surface area contributed by atoms with Gasteiger partial charge in [-0.25, -0.2) is 4.79 Å². The Kier molecular flexibility index (Phi) is 4.92. The highest BCUT2D eigenvalue weighted by atomic mass is 79.9. The molecule has 2 N–H and O–H groups in total. The number of carbonyl (C=O) groups is 1. The van der Waals surface area contributed by atoms with Crippen LogP contribution in [-0.4, -0.2) is 17.6 Å². The van der Waals surface area contributed by atoms with Gasteiger partial charge in [-0.2, -0.15) is 0 Å². The van der Waals surface area contributed by atoms with Crippen LogP contribution in [0.4, 0.5) is 10.5 Å². The molecule has 1 aromatic carbocycles. The molecule has 0 aliphatic heterocycles. The van der Waals surface area contributed by atoms with Crippen molar-refractivity contribution in [1.29, 1.82) is 0 Å². The van der Waals surface area contributed by atoms with E-state index in [4.69, 9.17) is 0 Å². The lowest BCUT2D eigenvalue weighted by molar-refractivity contribution is 0.252. The minimum Gasteiger partial charge on any atom is -0.338 e. The van der Waals surface area contributed by atoms with Gasteiger partial charge in [0.1, 0.15) is 0 Å². The molecule has 2 amide bonds. The Bertz CT molecular complexity index is 545. The highest BCUT2D eigenvalue weighted by molar-refractivity contribution is 9.10. The Morgan fingerprint density at radius 3 is 2.63 bits per heavy atom. The van der Waals surface area contributed by atoms with Crippen molar-refractivity contribution in [3.05, 3.63) is 58.8 Å². The van der Waals surface area contributed by atoms with Gasteiger partial charge in [0, 0.05) is 29.1 Å². The molecule has 2 rings (SSSR count). The van der Waals surface area contributed by atoms with Crippen LogP contribution < -0.4 is 10.6 Å². The topological polar surface area (TPSA) is 54.0 Å². The molecule has 0 saturated heterocycles. The quantitative estimate of drug-likeness (QED) is 0.909. The predicted molar refractivity (Wildman–Crippen MR) is 79.1 cm³/mol. The van der Waals surface area contributed by atoms with Crippen LogP contribution in [0.5, 0.6) is 0 Å². The van der Waals surface area contributed by atoms with Crippen LogP contribution in [0.3, 0.4) is 0 Å². The minimum absolute atomic E-state index is 0.210. The lowest BCUT2D eigenvalue weighted by Crippen LogP contribution is -2.30. The Labute approximate surface area is 120 Å². The second-order valence-electron chi connectivity index (χ2n) is 3.96. The van der Waals surface area contributed by atoms with Crippen molar-refractivity contribution < 1.29 is 4.79 Å². The number of hydrogen-bond donors (Lipinski definition) is 2. The number of nitrogens with one attached hydrogen (secondary N) is 2. The van der Waals surface area contributed by atoms with E-state index in [0.29, 0.717) is 6.54 Å². The average Bonchev–Trinajstić information content (AvgIpc) is 2.42. The van der Waals surface area contributed by atoms with E-state index in [1.54, 1.807) is 24.5 Å². The zero-order valence-corrected chi connectivity index (χ0v) is 11.9. The molecular weight excluding hydrogens is 306 g/mol. The van der Waals surface area contributed by atoms with Gasteiger partial charge in [-0.3, -0.25) is 4.98 Å². The lowest BCUT2D eigenvalue weighted by Gasteiger charge is -2.08. The fourth-order valence-corrected chi connectivity index (χ4v) is 2.11. The number of aromatic nitrogens is 1. The van der Waals surface area contributed by atoms with E-state index in [9.17, 15) is 4.79 Å². The smallest absolute Gasteiger partial charge is 0.319 e. The molecule has 2 aromatic rings. The molecule has 19 heavy (non-hydrogen) atoms. The van der Waals surface area contributed by atoms with E-state index in [2.05, 4.69) is 31.5 Å². The maximum atomic E-state index is 11.6. The number of urea groups is 1. The number of hydrogen-bond acceptors (Lipinski definition) is 2. The first-order chi connectivity index (χ1) is 9.25. The van der Waals surface area contributed by atoms with Crippen LogP contribution in [0.25, 0.3) is 0 Å². The molecule has 5 heteroatoms. The van der Waals surface area contributed by atoms with Crippen LogP contribution in [0, 0.1) is 0 Å². The van der Waals surface area contributed by atoms with Crippen LogP contribution >= 0.6 is 15.9 Å². The Hall–Kier alpha value is -1.88. The van der Waals surface area contributed by atoms with E-state index in [-0.39, 0.29) is 6.03 Å². The molecule has 0 bridgehead atoms. The van der Waals surface area contributed by atoms with Crippen molar-refractivity contribution in [2.24, 2.45) is 0 Å². The molecule has 0 unspecified atom stereocenters. The van der Waals surface area contributed by atoms with Gasteiger partial charge in [-0.05, 0) is 30.2 Å². The Morgan fingerprint density at radius 1 is 1.16 bits per heavy atom.